The van der Waals surface area contributed by atoms with E-state index in [1.807, 2.05) is 22.9 Å². The summed E-state index contributed by atoms with van der Waals surface area (Å²) in [4.78, 5) is 17.8. The summed E-state index contributed by atoms with van der Waals surface area (Å²) in [6.45, 7) is 3.21. The number of fused-ring (bicyclic) bond motifs is 1. The SMILES string of the molecule is O=c1cc2n(cc1O)CCN(Cc1cccnc1)C2. The summed E-state index contributed by atoms with van der Waals surface area (Å²) in [5.74, 6) is -0.176. The smallest absolute Gasteiger partial charge is 0.223 e. The van der Waals surface area contributed by atoms with E-state index < -0.39 is 0 Å². The number of aromatic hydroxyl groups is 1. The van der Waals surface area contributed by atoms with Crippen molar-refractivity contribution in [1.82, 2.24) is 14.5 Å². The van der Waals surface area contributed by atoms with Crippen LogP contribution in [-0.4, -0.2) is 26.1 Å². The average molecular weight is 257 g/mol. The first kappa shape index (κ1) is 11.9. The third-order valence-electron chi connectivity index (χ3n) is 3.37. The molecule has 0 saturated carbocycles. The summed E-state index contributed by atoms with van der Waals surface area (Å²) < 4.78 is 1.94. The summed E-state index contributed by atoms with van der Waals surface area (Å²) >= 11 is 0. The molecule has 0 radical (unpaired) electrons. The minimum Gasteiger partial charge on any atom is -0.503 e. The van der Waals surface area contributed by atoms with Crippen LogP contribution in [0, 0.1) is 0 Å². The highest BCUT2D eigenvalue weighted by Gasteiger charge is 2.16. The Kier molecular flexibility index (Phi) is 3.05. The van der Waals surface area contributed by atoms with E-state index in [2.05, 4.69) is 9.88 Å². The Labute approximate surface area is 110 Å². The van der Waals surface area contributed by atoms with Gasteiger partial charge >= 0.3 is 0 Å². The van der Waals surface area contributed by atoms with Gasteiger partial charge in [-0.15, -0.1) is 0 Å². The monoisotopic (exact) mass is 257 g/mol. The van der Waals surface area contributed by atoms with E-state index in [-0.39, 0.29) is 11.2 Å². The molecule has 0 aliphatic carbocycles. The number of aromatic nitrogens is 2. The molecule has 3 rings (SSSR count). The highest BCUT2D eigenvalue weighted by atomic mass is 16.3. The summed E-state index contributed by atoms with van der Waals surface area (Å²) in [6, 6.07) is 5.49. The van der Waals surface area contributed by atoms with Gasteiger partial charge in [-0.3, -0.25) is 14.7 Å². The molecule has 98 valence electrons. The van der Waals surface area contributed by atoms with Gasteiger partial charge in [-0.25, -0.2) is 0 Å². The molecule has 5 nitrogen and oxygen atoms in total. The Morgan fingerprint density at radius 2 is 2.26 bits per heavy atom. The van der Waals surface area contributed by atoms with Crippen LogP contribution in [0.3, 0.4) is 0 Å². The molecule has 0 bridgehead atoms. The third-order valence-corrected chi connectivity index (χ3v) is 3.37. The molecule has 1 aliphatic rings. The van der Waals surface area contributed by atoms with Crippen LogP contribution in [-0.2, 0) is 19.6 Å². The van der Waals surface area contributed by atoms with Crippen LogP contribution >= 0.6 is 0 Å². The van der Waals surface area contributed by atoms with Crippen LogP contribution in [0.2, 0.25) is 0 Å². The molecule has 0 saturated heterocycles. The third kappa shape index (κ3) is 2.51. The molecule has 0 unspecified atom stereocenters. The summed E-state index contributed by atoms with van der Waals surface area (Å²) in [6.07, 6.45) is 5.15. The average Bonchev–Trinajstić information content (AvgIpc) is 2.42. The predicted molar refractivity (Wildman–Crippen MR) is 70.7 cm³/mol. The molecule has 2 aromatic rings. The van der Waals surface area contributed by atoms with Gasteiger partial charge in [0.2, 0.25) is 5.43 Å². The minimum atomic E-state index is -0.311. The maximum atomic E-state index is 11.5. The Morgan fingerprint density at radius 1 is 1.37 bits per heavy atom. The second kappa shape index (κ2) is 4.85. The fourth-order valence-corrected chi connectivity index (χ4v) is 2.39. The van der Waals surface area contributed by atoms with Crippen molar-refractivity contribution in [3.63, 3.8) is 0 Å². The first-order valence-corrected chi connectivity index (χ1v) is 6.26. The van der Waals surface area contributed by atoms with Gasteiger partial charge in [-0.1, -0.05) is 6.07 Å². The first-order valence-electron chi connectivity index (χ1n) is 6.26. The Hall–Kier alpha value is -2.14. The van der Waals surface area contributed by atoms with Crippen molar-refractivity contribution in [2.24, 2.45) is 0 Å². The van der Waals surface area contributed by atoms with E-state index in [0.717, 1.165) is 30.9 Å². The molecular weight excluding hydrogens is 242 g/mol. The van der Waals surface area contributed by atoms with Crippen LogP contribution < -0.4 is 5.43 Å². The van der Waals surface area contributed by atoms with Gasteiger partial charge in [0, 0.05) is 50.3 Å². The van der Waals surface area contributed by atoms with Crippen LogP contribution in [0.1, 0.15) is 11.3 Å². The molecule has 19 heavy (non-hydrogen) atoms. The van der Waals surface area contributed by atoms with E-state index >= 15 is 0 Å². The zero-order chi connectivity index (χ0) is 13.2. The fraction of sp³-hybridized carbons (Fsp3) is 0.286. The summed E-state index contributed by atoms with van der Waals surface area (Å²) in [5.41, 5.74) is 1.80. The topological polar surface area (TPSA) is 58.4 Å². The van der Waals surface area contributed by atoms with E-state index in [1.54, 1.807) is 6.20 Å². The minimum absolute atomic E-state index is 0.176. The Balaban J connectivity index is 1.79. The van der Waals surface area contributed by atoms with Gasteiger partial charge in [0.05, 0.1) is 6.20 Å². The van der Waals surface area contributed by atoms with Gasteiger partial charge in [0.15, 0.2) is 5.75 Å². The number of pyridine rings is 2. The van der Waals surface area contributed by atoms with Crippen molar-refractivity contribution in [3.8, 4) is 5.75 Å². The van der Waals surface area contributed by atoms with Crippen molar-refractivity contribution in [1.29, 1.82) is 0 Å². The van der Waals surface area contributed by atoms with Crippen molar-refractivity contribution in [2.45, 2.75) is 19.6 Å². The Bertz CT molecular complexity index is 637. The van der Waals surface area contributed by atoms with Crippen LogP contribution in [0.5, 0.6) is 5.75 Å². The zero-order valence-corrected chi connectivity index (χ0v) is 10.5. The van der Waals surface area contributed by atoms with E-state index in [9.17, 15) is 9.90 Å². The maximum absolute atomic E-state index is 11.5. The lowest BCUT2D eigenvalue weighted by Crippen LogP contribution is -2.34. The highest BCUT2D eigenvalue weighted by Crippen LogP contribution is 2.15. The van der Waals surface area contributed by atoms with Crippen LogP contribution in [0.25, 0.3) is 0 Å². The second-order valence-corrected chi connectivity index (χ2v) is 4.78. The van der Waals surface area contributed by atoms with Crippen molar-refractivity contribution >= 4 is 0 Å². The molecule has 3 heterocycles. The second-order valence-electron chi connectivity index (χ2n) is 4.78. The van der Waals surface area contributed by atoms with Crippen LogP contribution in [0.15, 0.2) is 41.6 Å². The predicted octanol–water partition coefficient (Wildman–Crippen LogP) is 0.965. The van der Waals surface area contributed by atoms with Gasteiger partial charge in [-0.05, 0) is 11.6 Å². The molecule has 1 N–H and O–H groups in total. The molecule has 1 aliphatic heterocycles. The largest absolute Gasteiger partial charge is 0.503 e. The van der Waals surface area contributed by atoms with Gasteiger partial charge in [0.25, 0.3) is 0 Å². The fourth-order valence-electron chi connectivity index (χ4n) is 2.39. The zero-order valence-electron chi connectivity index (χ0n) is 10.5. The van der Waals surface area contributed by atoms with Crippen molar-refractivity contribution < 1.29 is 5.11 Å². The highest BCUT2D eigenvalue weighted by molar-refractivity contribution is 5.21. The molecule has 0 atom stereocenters. The van der Waals surface area contributed by atoms with Crippen LogP contribution in [0.4, 0.5) is 0 Å². The molecule has 0 spiro atoms. The lowest BCUT2D eigenvalue weighted by Gasteiger charge is -2.30. The number of nitrogens with zero attached hydrogens (tertiary/aromatic N) is 3. The molecule has 0 aromatic carbocycles. The van der Waals surface area contributed by atoms with E-state index in [4.69, 9.17) is 0 Å². The quantitative estimate of drug-likeness (QED) is 0.870. The van der Waals surface area contributed by atoms with Crippen molar-refractivity contribution in [2.75, 3.05) is 6.54 Å². The van der Waals surface area contributed by atoms with Gasteiger partial charge in [-0.2, -0.15) is 0 Å². The summed E-state index contributed by atoms with van der Waals surface area (Å²) in [5, 5.41) is 9.42. The normalized spacial score (nSPS) is 15.2. The molecular formula is C14H15N3O2. The van der Waals surface area contributed by atoms with Gasteiger partial charge < -0.3 is 9.67 Å². The standard InChI is InChI=1S/C14H15N3O2/c18-13-6-12-9-16(4-5-17(12)10-14(13)19)8-11-2-1-3-15-7-11/h1-3,6-7,10,19H,4-5,8-9H2. The molecule has 5 heteroatoms. The number of hydrogen-bond donors (Lipinski definition) is 1. The lowest BCUT2D eigenvalue weighted by atomic mass is 10.2. The summed E-state index contributed by atoms with van der Waals surface area (Å²) in [7, 11) is 0. The maximum Gasteiger partial charge on any atom is 0.223 e. The molecule has 0 fully saturated rings. The first-order chi connectivity index (χ1) is 9.22. The Morgan fingerprint density at radius 3 is 3.05 bits per heavy atom. The molecule has 2 aromatic heterocycles. The van der Waals surface area contributed by atoms with Gasteiger partial charge in [0.1, 0.15) is 0 Å². The van der Waals surface area contributed by atoms with E-state index in [0.29, 0.717) is 6.54 Å². The lowest BCUT2D eigenvalue weighted by molar-refractivity contribution is 0.210. The number of hydrogen-bond acceptors (Lipinski definition) is 4. The van der Waals surface area contributed by atoms with Crippen molar-refractivity contribution in [3.05, 3.63) is 58.3 Å². The number of rotatable bonds is 2. The molecule has 0 amide bonds. The van der Waals surface area contributed by atoms with E-state index in [1.165, 1.54) is 12.3 Å².